The summed E-state index contributed by atoms with van der Waals surface area (Å²) in [7, 11) is 0.472. The Morgan fingerprint density at radius 3 is 2.15 bits per heavy atom. The Bertz CT molecular complexity index is 1340. The van der Waals surface area contributed by atoms with Crippen molar-refractivity contribution in [3.8, 4) is 28.7 Å². The van der Waals surface area contributed by atoms with Crippen LogP contribution in [0.2, 0.25) is 0 Å². The summed E-state index contributed by atoms with van der Waals surface area (Å²) in [6, 6.07) is 15.3. The molecule has 0 fully saturated rings. The van der Waals surface area contributed by atoms with Gasteiger partial charge in [0.05, 0.1) is 26.9 Å². The second-order valence-corrected chi connectivity index (χ2v) is 8.44. The van der Waals surface area contributed by atoms with E-state index in [0.29, 0.717) is 22.8 Å². The number of carbonyl (C=O) groups excluding carboxylic acids is 1. The lowest BCUT2D eigenvalue weighted by atomic mass is 10.1. The van der Waals surface area contributed by atoms with Gasteiger partial charge in [-0.05, 0) is 36.4 Å². The predicted octanol–water partition coefficient (Wildman–Crippen LogP) is 4.10. The summed E-state index contributed by atoms with van der Waals surface area (Å²) in [5.41, 5.74) is 0.819. The summed E-state index contributed by atoms with van der Waals surface area (Å²) in [6.07, 6.45) is 1.52. The van der Waals surface area contributed by atoms with E-state index in [4.69, 9.17) is 23.1 Å². The molecule has 0 saturated heterocycles. The molecule has 33 heavy (non-hydrogen) atoms. The van der Waals surface area contributed by atoms with Crippen molar-refractivity contribution in [1.82, 2.24) is 0 Å². The van der Waals surface area contributed by atoms with E-state index in [1.165, 1.54) is 57.7 Å². The second kappa shape index (κ2) is 8.87. The van der Waals surface area contributed by atoms with Crippen molar-refractivity contribution in [2.45, 2.75) is 4.90 Å². The predicted molar refractivity (Wildman–Crippen MR) is 120 cm³/mol. The molecule has 0 atom stereocenters. The molecule has 8 nitrogen and oxygen atoms in total. The van der Waals surface area contributed by atoms with Gasteiger partial charge in [-0.1, -0.05) is 18.2 Å². The summed E-state index contributed by atoms with van der Waals surface area (Å²) in [5, 5.41) is 0. The fraction of sp³-hybridized carbons (Fsp3) is 0.125. The normalized spacial score (nSPS) is 13.9. The summed E-state index contributed by atoms with van der Waals surface area (Å²) in [5.74, 6) is 1.26. The molecule has 0 radical (unpaired) electrons. The number of hydrogen-bond donors (Lipinski definition) is 0. The molecule has 170 valence electrons. The maximum Gasteiger partial charge on any atom is 0.339 e. The number of benzene rings is 3. The Hall–Kier alpha value is -3.98. The SMILES string of the molecule is COc1cc(OC)c(OC)cc1/C=C1/Oc2cc(OS(=O)(=O)c3ccccc3)ccc2C1=O. The first-order valence-corrected chi connectivity index (χ1v) is 11.1. The van der Waals surface area contributed by atoms with Gasteiger partial charge in [-0.25, -0.2) is 0 Å². The lowest BCUT2D eigenvalue weighted by Crippen LogP contribution is -2.09. The van der Waals surface area contributed by atoms with E-state index in [0.717, 1.165) is 0 Å². The zero-order valence-corrected chi connectivity index (χ0v) is 18.8. The summed E-state index contributed by atoms with van der Waals surface area (Å²) < 4.78 is 51.9. The zero-order valence-electron chi connectivity index (χ0n) is 18.0. The van der Waals surface area contributed by atoms with E-state index in [9.17, 15) is 13.2 Å². The van der Waals surface area contributed by atoms with Crippen LogP contribution in [0.4, 0.5) is 0 Å². The topological polar surface area (TPSA) is 97.4 Å². The molecule has 0 saturated carbocycles. The van der Waals surface area contributed by atoms with Crippen molar-refractivity contribution in [3.05, 3.63) is 77.5 Å². The highest BCUT2D eigenvalue weighted by molar-refractivity contribution is 7.87. The fourth-order valence-electron chi connectivity index (χ4n) is 3.29. The first-order chi connectivity index (χ1) is 15.9. The quantitative estimate of drug-likeness (QED) is 0.378. The third-order valence-electron chi connectivity index (χ3n) is 4.90. The standard InChI is InChI=1S/C24H20O8S/c1-28-19-14-22(30-3)21(29-2)11-15(19)12-23-24(25)18-10-9-16(13-20(18)31-23)32-33(26,27)17-7-5-4-6-8-17/h4-14H,1-3H3/b23-12+. The molecule has 0 N–H and O–H groups in total. The van der Waals surface area contributed by atoms with Crippen LogP contribution in [0, 0.1) is 0 Å². The molecule has 0 bridgehead atoms. The van der Waals surface area contributed by atoms with Gasteiger partial charge in [-0.15, -0.1) is 0 Å². The highest BCUT2D eigenvalue weighted by Gasteiger charge is 2.29. The van der Waals surface area contributed by atoms with Crippen LogP contribution in [-0.2, 0) is 10.1 Å². The number of allylic oxidation sites excluding steroid dienone is 1. The third kappa shape index (κ3) is 4.35. The van der Waals surface area contributed by atoms with Gasteiger partial charge in [-0.3, -0.25) is 4.79 Å². The fourth-order valence-corrected chi connectivity index (χ4v) is 4.23. The zero-order chi connectivity index (χ0) is 23.6. The molecule has 3 aromatic rings. The van der Waals surface area contributed by atoms with Crippen LogP contribution in [0.1, 0.15) is 15.9 Å². The number of carbonyl (C=O) groups is 1. The maximum atomic E-state index is 12.8. The van der Waals surface area contributed by atoms with E-state index >= 15 is 0 Å². The number of rotatable bonds is 7. The molecular formula is C24H20O8S. The van der Waals surface area contributed by atoms with E-state index in [1.807, 2.05) is 0 Å². The van der Waals surface area contributed by atoms with Gasteiger partial charge in [0, 0.05) is 17.7 Å². The highest BCUT2D eigenvalue weighted by Crippen LogP contribution is 2.39. The van der Waals surface area contributed by atoms with Crippen molar-refractivity contribution in [3.63, 3.8) is 0 Å². The van der Waals surface area contributed by atoms with E-state index in [2.05, 4.69) is 0 Å². The van der Waals surface area contributed by atoms with Gasteiger partial charge in [0.2, 0.25) is 5.78 Å². The van der Waals surface area contributed by atoms with Crippen molar-refractivity contribution in [2.75, 3.05) is 21.3 Å². The minimum absolute atomic E-state index is 0.0172. The molecular weight excluding hydrogens is 448 g/mol. The number of Topliss-reactive ketones (excluding diaryl/α,β-unsaturated/α-hetero) is 1. The minimum Gasteiger partial charge on any atom is -0.496 e. The maximum absolute atomic E-state index is 12.8. The molecule has 1 aliphatic rings. The van der Waals surface area contributed by atoms with Crippen LogP contribution in [0.25, 0.3) is 6.08 Å². The molecule has 3 aromatic carbocycles. The van der Waals surface area contributed by atoms with Crippen molar-refractivity contribution in [1.29, 1.82) is 0 Å². The van der Waals surface area contributed by atoms with Crippen LogP contribution < -0.4 is 23.1 Å². The smallest absolute Gasteiger partial charge is 0.339 e. The third-order valence-corrected chi connectivity index (χ3v) is 6.16. The Labute approximate surface area is 191 Å². The summed E-state index contributed by atoms with van der Waals surface area (Å²) in [6.45, 7) is 0. The summed E-state index contributed by atoms with van der Waals surface area (Å²) in [4.78, 5) is 12.9. The molecule has 0 amide bonds. The minimum atomic E-state index is -4.03. The van der Waals surface area contributed by atoms with Crippen LogP contribution in [0.5, 0.6) is 28.7 Å². The molecule has 1 heterocycles. The Morgan fingerprint density at radius 2 is 1.48 bits per heavy atom. The molecule has 1 aliphatic heterocycles. The second-order valence-electron chi connectivity index (χ2n) is 6.90. The molecule has 4 rings (SSSR count). The number of methoxy groups -OCH3 is 3. The van der Waals surface area contributed by atoms with E-state index in [1.54, 1.807) is 30.3 Å². The van der Waals surface area contributed by atoms with Crippen LogP contribution in [0.15, 0.2) is 71.3 Å². The first kappa shape index (κ1) is 22.2. The van der Waals surface area contributed by atoms with Crippen molar-refractivity contribution < 1.29 is 36.3 Å². The molecule has 0 spiro atoms. The number of fused-ring (bicyclic) bond motifs is 1. The van der Waals surface area contributed by atoms with Crippen LogP contribution in [-0.4, -0.2) is 35.5 Å². The van der Waals surface area contributed by atoms with Gasteiger partial charge in [0.15, 0.2) is 17.3 Å². The largest absolute Gasteiger partial charge is 0.496 e. The van der Waals surface area contributed by atoms with Crippen molar-refractivity contribution in [2.24, 2.45) is 0 Å². The van der Waals surface area contributed by atoms with Crippen molar-refractivity contribution >= 4 is 22.0 Å². The monoisotopic (exact) mass is 468 g/mol. The lowest BCUT2D eigenvalue weighted by molar-refractivity contribution is 0.101. The van der Waals surface area contributed by atoms with Gasteiger partial charge >= 0.3 is 10.1 Å². The number of ether oxygens (including phenoxy) is 4. The first-order valence-electron chi connectivity index (χ1n) is 9.74. The Kier molecular flexibility index (Phi) is 5.97. The van der Waals surface area contributed by atoms with Gasteiger partial charge < -0.3 is 23.1 Å². The van der Waals surface area contributed by atoms with Crippen LogP contribution in [0.3, 0.4) is 0 Å². The molecule has 0 aromatic heterocycles. The molecule has 0 aliphatic carbocycles. The molecule has 9 heteroatoms. The van der Waals surface area contributed by atoms with E-state index < -0.39 is 10.1 Å². The van der Waals surface area contributed by atoms with Gasteiger partial charge in [0.25, 0.3) is 0 Å². The highest BCUT2D eigenvalue weighted by atomic mass is 32.2. The van der Waals surface area contributed by atoms with Gasteiger partial charge in [0.1, 0.15) is 22.1 Å². The summed E-state index contributed by atoms with van der Waals surface area (Å²) >= 11 is 0. The average molecular weight is 468 g/mol. The Balaban J connectivity index is 1.64. The lowest BCUT2D eigenvalue weighted by Gasteiger charge is -2.12. The number of ketones is 1. The number of hydrogen-bond acceptors (Lipinski definition) is 8. The average Bonchev–Trinajstić information content (AvgIpc) is 3.13. The van der Waals surface area contributed by atoms with E-state index in [-0.39, 0.29) is 33.5 Å². The van der Waals surface area contributed by atoms with Gasteiger partial charge in [-0.2, -0.15) is 8.42 Å². The Morgan fingerprint density at radius 1 is 0.818 bits per heavy atom. The van der Waals surface area contributed by atoms with Crippen LogP contribution >= 0.6 is 0 Å². The molecule has 0 unspecified atom stereocenters.